The highest BCUT2D eigenvalue weighted by Crippen LogP contribution is 2.15. The molecule has 0 aliphatic rings. The van der Waals surface area contributed by atoms with Crippen molar-refractivity contribution < 1.29 is 38.2 Å². The zero-order valence-corrected chi connectivity index (χ0v) is 18.5. The molecule has 9 nitrogen and oxygen atoms in total. The number of carboxylic acids is 1. The van der Waals surface area contributed by atoms with Crippen molar-refractivity contribution in [3.8, 4) is 0 Å². The Hall–Kier alpha value is -4.40. The molecule has 0 aliphatic carbocycles. The van der Waals surface area contributed by atoms with Crippen LogP contribution in [0.3, 0.4) is 0 Å². The first kappa shape index (κ1) is 24.2. The highest BCUT2D eigenvalue weighted by Gasteiger charge is 2.41. The van der Waals surface area contributed by atoms with Crippen molar-refractivity contribution in [1.82, 2.24) is 5.32 Å². The van der Waals surface area contributed by atoms with E-state index in [9.17, 15) is 24.3 Å². The lowest BCUT2D eigenvalue weighted by molar-refractivity contribution is -0.159. The van der Waals surface area contributed by atoms with Gasteiger partial charge < -0.3 is 24.3 Å². The fraction of sp³-hybridized carbons (Fsp3) is 0.200. The Morgan fingerprint density at radius 2 is 1.41 bits per heavy atom. The maximum atomic E-state index is 12.9. The number of esters is 2. The monoisotopic (exact) mass is 465 g/mol. The van der Waals surface area contributed by atoms with Gasteiger partial charge in [-0.15, -0.1) is 0 Å². The first-order valence-corrected chi connectivity index (χ1v) is 10.3. The molecule has 3 rings (SSSR count). The van der Waals surface area contributed by atoms with Crippen LogP contribution >= 0.6 is 0 Å². The highest BCUT2D eigenvalue weighted by atomic mass is 16.6. The Kier molecular flexibility index (Phi) is 7.81. The van der Waals surface area contributed by atoms with Crippen molar-refractivity contribution in [2.24, 2.45) is 0 Å². The van der Waals surface area contributed by atoms with Gasteiger partial charge in [0.15, 0.2) is 0 Å². The van der Waals surface area contributed by atoms with Crippen molar-refractivity contribution in [2.75, 3.05) is 0 Å². The lowest BCUT2D eigenvalue weighted by atomic mass is 10.1. The average molecular weight is 465 g/mol. The van der Waals surface area contributed by atoms with Crippen LogP contribution < -0.4 is 5.32 Å². The zero-order chi connectivity index (χ0) is 24.7. The molecular weight excluding hydrogens is 442 g/mol. The Bertz CT molecular complexity index is 1190. The Morgan fingerprint density at radius 1 is 0.853 bits per heavy atom. The van der Waals surface area contributed by atoms with Crippen LogP contribution in [-0.4, -0.2) is 41.1 Å². The van der Waals surface area contributed by atoms with Crippen LogP contribution in [-0.2, 0) is 25.6 Å². The normalized spacial score (nSPS) is 12.3. The zero-order valence-electron chi connectivity index (χ0n) is 18.5. The van der Waals surface area contributed by atoms with Crippen molar-refractivity contribution in [3.63, 3.8) is 0 Å². The Balaban J connectivity index is 1.86. The van der Waals surface area contributed by atoms with Gasteiger partial charge in [0.1, 0.15) is 5.76 Å². The smallest absolute Gasteiger partial charge is 0.349 e. The SMILES string of the molecule is Cc1cccc(C(=O)OC(C(=O)O)C(OC(=O)c2cccc(C)c2)C(=O)NCc2ccco2)c1. The quantitative estimate of drug-likeness (QED) is 0.461. The molecule has 176 valence electrons. The molecule has 0 aliphatic heterocycles. The summed E-state index contributed by atoms with van der Waals surface area (Å²) in [4.78, 5) is 50.3. The largest absolute Gasteiger partial charge is 0.478 e. The van der Waals surface area contributed by atoms with Crippen LogP contribution in [0.1, 0.15) is 37.6 Å². The van der Waals surface area contributed by atoms with Gasteiger partial charge >= 0.3 is 17.9 Å². The van der Waals surface area contributed by atoms with Crippen LogP contribution in [0.4, 0.5) is 0 Å². The number of benzene rings is 2. The molecule has 1 amide bonds. The molecule has 2 atom stereocenters. The molecule has 2 N–H and O–H groups in total. The number of furan rings is 1. The number of aliphatic carboxylic acids is 1. The fourth-order valence-electron chi connectivity index (χ4n) is 3.09. The standard InChI is InChI=1S/C25H23NO8/c1-15-6-3-8-17(12-15)24(30)33-20(22(27)26-14-19-10-5-11-32-19)21(23(28)29)34-25(31)18-9-4-7-16(2)13-18/h3-13,20-21H,14H2,1-2H3,(H,26,27)(H,28,29). The van der Waals surface area contributed by atoms with Gasteiger partial charge in [-0.1, -0.05) is 35.4 Å². The third kappa shape index (κ3) is 6.32. The molecule has 0 spiro atoms. The molecule has 2 unspecified atom stereocenters. The number of rotatable bonds is 9. The minimum atomic E-state index is -2.10. The van der Waals surface area contributed by atoms with Crippen LogP contribution in [0, 0.1) is 13.8 Å². The first-order valence-electron chi connectivity index (χ1n) is 10.3. The number of carbonyl (C=O) groups excluding carboxylic acids is 3. The van der Waals surface area contributed by atoms with Crippen LogP contribution in [0.5, 0.6) is 0 Å². The molecule has 0 fully saturated rings. The Morgan fingerprint density at radius 3 is 1.88 bits per heavy atom. The van der Waals surface area contributed by atoms with Crippen molar-refractivity contribution >= 4 is 23.8 Å². The molecule has 2 aromatic carbocycles. The summed E-state index contributed by atoms with van der Waals surface area (Å²) in [5, 5.41) is 12.2. The van der Waals surface area contributed by atoms with Crippen LogP contribution in [0.2, 0.25) is 0 Å². The summed E-state index contributed by atoms with van der Waals surface area (Å²) in [5.41, 5.74) is 1.71. The molecule has 0 radical (unpaired) electrons. The van der Waals surface area contributed by atoms with E-state index >= 15 is 0 Å². The summed E-state index contributed by atoms with van der Waals surface area (Å²) in [6.07, 6.45) is -2.66. The van der Waals surface area contributed by atoms with Gasteiger partial charge in [0.25, 0.3) is 5.91 Å². The van der Waals surface area contributed by atoms with Gasteiger partial charge in [-0.3, -0.25) is 4.79 Å². The van der Waals surface area contributed by atoms with E-state index in [-0.39, 0.29) is 17.7 Å². The molecule has 1 aromatic heterocycles. The first-order chi connectivity index (χ1) is 16.2. The number of ether oxygens (including phenoxy) is 2. The minimum Gasteiger partial charge on any atom is -0.478 e. The molecule has 0 saturated carbocycles. The van der Waals surface area contributed by atoms with E-state index in [2.05, 4.69) is 5.32 Å². The maximum Gasteiger partial charge on any atom is 0.349 e. The lowest BCUT2D eigenvalue weighted by Gasteiger charge is -2.23. The predicted molar refractivity (Wildman–Crippen MR) is 119 cm³/mol. The number of carbonyl (C=O) groups is 4. The van der Waals surface area contributed by atoms with E-state index in [1.807, 2.05) is 0 Å². The number of hydrogen-bond acceptors (Lipinski definition) is 7. The van der Waals surface area contributed by atoms with Crippen molar-refractivity contribution in [2.45, 2.75) is 32.6 Å². The van der Waals surface area contributed by atoms with Crippen LogP contribution in [0.15, 0.2) is 71.3 Å². The summed E-state index contributed by atoms with van der Waals surface area (Å²) in [7, 11) is 0. The van der Waals surface area contributed by atoms with E-state index in [0.717, 1.165) is 11.1 Å². The topological polar surface area (TPSA) is 132 Å². The molecule has 34 heavy (non-hydrogen) atoms. The van der Waals surface area contributed by atoms with Gasteiger partial charge in [0.05, 0.1) is 23.9 Å². The fourth-order valence-corrected chi connectivity index (χ4v) is 3.09. The summed E-state index contributed by atoms with van der Waals surface area (Å²) in [5.74, 6) is -4.16. The molecule has 1 heterocycles. The van der Waals surface area contributed by atoms with Gasteiger partial charge in [-0.05, 0) is 50.2 Å². The minimum absolute atomic E-state index is 0.0889. The second kappa shape index (κ2) is 11.0. The number of aryl methyl sites for hydroxylation is 2. The molecule has 9 heteroatoms. The number of hydrogen-bond donors (Lipinski definition) is 2. The van der Waals surface area contributed by atoms with E-state index in [1.54, 1.807) is 50.2 Å². The number of amides is 1. The van der Waals surface area contributed by atoms with Gasteiger partial charge in [0, 0.05) is 0 Å². The summed E-state index contributed by atoms with van der Waals surface area (Å²) in [6, 6.07) is 15.9. The number of nitrogens with one attached hydrogen (secondary N) is 1. The maximum absolute atomic E-state index is 12.9. The Labute approximate surface area is 195 Å². The van der Waals surface area contributed by atoms with Crippen molar-refractivity contribution in [1.29, 1.82) is 0 Å². The van der Waals surface area contributed by atoms with Crippen molar-refractivity contribution in [3.05, 3.63) is 94.9 Å². The third-order valence-corrected chi connectivity index (χ3v) is 4.77. The van der Waals surface area contributed by atoms with E-state index in [0.29, 0.717) is 5.76 Å². The third-order valence-electron chi connectivity index (χ3n) is 4.77. The van der Waals surface area contributed by atoms with Gasteiger partial charge in [0.2, 0.25) is 12.2 Å². The van der Waals surface area contributed by atoms with E-state index < -0.39 is 36.0 Å². The van der Waals surface area contributed by atoms with Gasteiger partial charge in [-0.2, -0.15) is 0 Å². The predicted octanol–water partition coefficient (Wildman–Crippen LogP) is 3.05. The summed E-state index contributed by atoms with van der Waals surface area (Å²) >= 11 is 0. The molecule has 3 aromatic rings. The molecule has 0 saturated heterocycles. The highest BCUT2D eigenvalue weighted by molar-refractivity contribution is 5.96. The number of carboxylic acid groups (broad SMARTS) is 1. The second-order valence-corrected chi connectivity index (χ2v) is 7.53. The van der Waals surface area contributed by atoms with Gasteiger partial charge in [-0.25, -0.2) is 14.4 Å². The van der Waals surface area contributed by atoms with E-state index in [4.69, 9.17) is 13.9 Å². The summed E-state index contributed by atoms with van der Waals surface area (Å²) < 4.78 is 15.5. The average Bonchev–Trinajstić information content (AvgIpc) is 3.33. The summed E-state index contributed by atoms with van der Waals surface area (Å²) in [6.45, 7) is 3.41. The lowest BCUT2D eigenvalue weighted by Crippen LogP contribution is -2.50. The second-order valence-electron chi connectivity index (χ2n) is 7.53. The van der Waals surface area contributed by atoms with Crippen LogP contribution in [0.25, 0.3) is 0 Å². The molecule has 0 bridgehead atoms. The molecular formula is C25H23NO8. The van der Waals surface area contributed by atoms with E-state index in [1.165, 1.54) is 30.5 Å².